The lowest BCUT2D eigenvalue weighted by atomic mass is 10.0. The molecule has 116 valence electrons. The first-order valence-electron chi connectivity index (χ1n) is 7.52. The number of rotatable bonds is 4. The smallest absolute Gasteiger partial charge is 0.242 e. The van der Waals surface area contributed by atoms with E-state index in [0.717, 1.165) is 50.1 Å². The van der Waals surface area contributed by atoms with Gasteiger partial charge in [0.05, 0.1) is 11.0 Å². The molecule has 1 atom stereocenters. The van der Waals surface area contributed by atoms with Gasteiger partial charge in [0.25, 0.3) is 0 Å². The molecule has 0 saturated carbocycles. The predicted molar refractivity (Wildman–Crippen MR) is 82.0 cm³/mol. The number of likely N-dealkylation sites (N-methyl/N-ethyl adjacent to an activating group) is 1. The van der Waals surface area contributed by atoms with Gasteiger partial charge >= 0.3 is 0 Å². The molecule has 0 amide bonds. The lowest BCUT2D eigenvalue weighted by Crippen LogP contribution is -2.34. The van der Waals surface area contributed by atoms with Gasteiger partial charge in [-0.2, -0.15) is 4.31 Å². The zero-order valence-electron chi connectivity index (χ0n) is 12.3. The largest absolute Gasteiger partial charge is 0.385 e. The van der Waals surface area contributed by atoms with Crippen molar-refractivity contribution < 1.29 is 13.2 Å². The van der Waals surface area contributed by atoms with Gasteiger partial charge in [0, 0.05) is 32.4 Å². The molecular formula is C15H22N2O3S. The van der Waals surface area contributed by atoms with Crippen molar-refractivity contribution in [2.75, 3.05) is 32.1 Å². The second-order valence-electron chi connectivity index (χ2n) is 5.77. The fourth-order valence-electron chi connectivity index (χ4n) is 2.96. The van der Waals surface area contributed by atoms with Crippen LogP contribution in [0.3, 0.4) is 0 Å². The third kappa shape index (κ3) is 3.07. The molecule has 1 saturated heterocycles. The summed E-state index contributed by atoms with van der Waals surface area (Å²) in [6.45, 7) is 2.12. The Bertz CT molecular complexity index is 609. The summed E-state index contributed by atoms with van der Waals surface area (Å²) in [7, 11) is -1.80. The molecule has 1 unspecified atom stereocenters. The Balaban J connectivity index is 1.80. The maximum absolute atomic E-state index is 12.7. The second-order valence-corrected chi connectivity index (χ2v) is 7.81. The van der Waals surface area contributed by atoms with Crippen LogP contribution in [0.1, 0.15) is 24.8 Å². The Morgan fingerprint density at radius 2 is 2.24 bits per heavy atom. The predicted octanol–water partition coefficient (Wildman–Crippen LogP) is 1.84. The first kappa shape index (κ1) is 14.8. The van der Waals surface area contributed by atoms with Gasteiger partial charge in [0.15, 0.2) is 0 Å². The number of hydrogen-bond acceptors (Lipinski definition) is 4. The average molecular weight is 310 g/mol. The molecule has 1 fully saturated rings. The van der Waals surface area contributed by atoms with E-state index in [4.69, 9.17) is 4.74 Å². The maximum Gasteiger partial charge on any atom is 0.242 e. The Morgan fingerprint density at radius 1 is 1.38 bits per heavy atom. The summed E-state index contributed by atoms with van der Waals surface area (Å²) >= 11 is 0. The molecule has 0 radical (unpaired) electrons. The van der Waals surface area contributed by atoms with Gasteiger partial charge in [0.2, 0.25) is 10.0 Å². The number of hydrogen-bond donors (Lipinski definition) is 1. The van der Waals surface area contributed by atoms with E-state index in [2.05, 4.69) is 5.32 Å². The molecule has 6 heteroatoms. The minimum Gasteiger partial charge on any atom is -0.385 e. The third-order valence-corrected chi connectivity index (χ3v) is 6.03. The van der Waals surface area contributed by atoms with Crippen LogP contribution in [0.4, 0.5) is 5.69 Å². The Morgan fingerprint density at radius 3 is 3.00 bits per heavy atom. The molecule has 0 aromatic heterocycles. The number of anilines is 1. The summed E-state index contributed by atoms with van der Waals surface area (Å²) in [6, 6.07) is 5.38. The van der Waals surface area contributed by atoms with E-state index in [1.165, 1.54) is 4.31 Å². The lowest BCUT2D eigenvalue weighted by Gasteiger charge is -2.22. The number of aryl methyl sites for hydroxylation is 1. The van der Waals surface area contributed by atoms with Crippen molar-refractivity contribution in [1.29, 1.82) is 0 Å². The monoisotopic (exact) mass is 310 g/mol. The summed E-state index contributed by atoms with van der Waals surface area (Å²) < 4.78 is 32.3. The standard InChI is InChI=1S/C15H22N2O3S/c1-17(11-13-5-3-9-20-13)21(18,19)14-6-7-15-12(10-14)4-2-8-16-15/h6-7,10,13,16H,2-5,8-9,11H2,1H3. The van der Waals surface area contributed by atoms with Crippen molar-refractivity contribution in [2.45, 2.75) is 36.7 Å². The second kappa shape index (κ2) is 5.94. The van der Waals surface area contributed by atoms with Crippen LogP contribution in [0, 0.1) is 0 Å². The molecule has 2 aliphatic rings. The fraction of sp³-hybridized carbons (Fsp3) is 0.600. The van der Waals surface area contributed by atoms with Crippen LogP contribution in [0.25, 0.3) is 0 Å². The molecule has 1 aromatic carbocycles. The van der Waals surface area contributed by atoms with E-state index in [1.807, 2.05) is 12.1 Å². The highest BCUT2D eigenvalue weighted by Gasteiger charge is 2.26. The number of benzene rings is 1. The number of nitrogens with one attached hydrogen (secondary N) is 1. The summed E-state index contributed by atoms with van der Waals surface area (Å²) in [5.41, 5.74) is 2.15. The topological polar surface area (TPSA) is 58.6 Å². The first-order chi connectivity index (χ1) is 10.1. The van der Waals surface area contributed by atoms with Crippen LogP contribution in [0.5, 0.6) is 0 Å². The molecule has 2 heterocycles. The van der Waals surface area contributed by atoms with Gasteiger partial charge < -0.3 is 10.1 Å². The minimum atomic E-state index is -3.43. The molecule has 2 aliphatic heterocycles. The first-order valence-corrected chi connectivity index (χ1v) is 8.96. The molecule has 0 aliphatic carbocycles. The van der Waals surface area contributed by atoms with Crippen LogP contribution in [0.2, 0.25) is 0 Å². The molecular weight excluding hydrogens is 288 g/mol. The van der Waals surface area contributed by atoms with Gasteiger partial charge in [0.1, 0.15) is 0 Å². The normalized spacial score (nSPS) is 22.1. The van der Waals surface area contributed by atoms with E-state index >= 15 is 0 Å². The zero-order chi connectivity index (χ0) is 14.9. The van der Waals surface area contributed by atoms with Gasteiger partial charge in [-0.25, -0.2) is 8.42 Å². The maximum atomic E-state index is 12.7. The summed E-state index contributed by atoms with van der Waals surface area (Å²) in [5.74, 6) is 0. The highest BCUT2D eigenvalue weighted by Crippen LogP contribution is 2.26. The van der Waals surface area contributed by atoms with Crippen LogP contribution in [-0.4, -0.2) is 45.6 Å². The minimum absolute atomic E-state index is 0.0315. The van der Waals surface area contributed by atoms with E-state index in [0.29, 0.717) is 11.4 Å². The van der Waals surface area contributed by atoms with E-state index in [9.17, 15) is 8.42 Å². The van der Waals surface area contributed by atoms with E-state index < -0.39 is 10.0 Å². The molecule has 5 nitrogen and oxygen atoms in total. The summed E-state index contributed by atoms with van der Waals surface area (Å²) in [5, 5.41) is 3.30. The van der Waals surface area contributed by atoms with Crippen molar-refractivity contribution in [2.24, 2.45) is 0 Å². The molecule has 1 aromatic rings. The van der Waals surface area contributed by atoms with Crippen molar-refractivity contribution in [3.8, 4) is 0 Å². The molecule has 0 bridgehead atoms. The van der Waals surface area contributed by atoms with Crippen LogP contribution >= 0.6 is 0 Å². The quantitative estimate of drug-likeness (QED) is 0.922. The van der Waals surface area contributed by atoms with Gasteiger partial charge in [-0.1, -0.05) is 0 Å². The van der Waals surface area contributed by atoms with Gasteiger partial charge in [-0.3, -0.25) is 0 Å². The molecule has 0 spiro atoms. The highest BCUT2D eigenvalue weighted by molar-refractivity contribution is 7.89. The highest BCUT2D eigenvalue weighted by atomic mass is 32.2. The van der Waals surface area contributed by atoms with E-state index in [1.54, 1.807) is 13.1 Å². The van der Waals surface area contributed by atoms with E-state index in [-0.39, 0.29) is 6.10 Å². The van der Waals surface area contributed by atoms with Crippen molar-refractivity contribution in [3.63, 3.8) is 0 Å². The van der Waals surface area contributed by atoms with Crippen LogP contribution in [0.15, 0.2) is 23.1 Å². The van der Waals surface area contributed by atoms with Crippen molar-refractivity contribution in [1.82, 2.24) is 4.31 Å². The number of ether oxygens (including phenoxy) is 1. The average Bonchev–Trinajstić information content (AvgIpc) is 2.99. The van der Waals surface area contributed by atoms with Crippen molar-refractivity contribution >= 4 is 15.7 Å². The van der Waals surface area contributed by atoms with Gasteiger partial charge in [-0.15, -0.1) is 0 Å². The van der Waals surface area contributed by atoms with Gasteiger partial charge in [-0.05, 0) is 49.4 Å². The summed E-state index contributed by atoms with van der Waals surface area (Å²) in [4.78, 5) is 0.380. The number of sulfonamides is 1. The SMILES string of the molecule is CN(CC1CCCO1)S(=O)(=O)c1ccc2c(c1)CCCN2. The summed E-state index contributed by atoms with van der Waals surface area (Å²) in [6.07, 6.45) is 3.96. The molecule has 3 rings (SSSR count). The van der Waals surface area contributed by atoms with Crippen LogP contribution < -0.4 is 5.32 Å². The Hall–Kier alpha value is -1.11. The molecule has 1 N–H and O–H groups in total. The lowest BCUT2D eigenvalue weighted by molar-refractivity contribution is 0.0979. The van der Waals surface area contributed by atoms with Crippen molar-refractivity contribution in [3.05, 3.63) is 23.8 Å². The third-order valence-electron chi connectivity index (χ3n) is 4.21. The zero-order valence-corrected chi connectivity index (χ0v) is 13.2. The Kier molecular flexibility index (Phi) is 4.19. The molecule has 21 heavy (non-hydrogen) atoms. The van der Waals surface area contributed by atoms with Crippen LogP contribution in [-0.2, 0) is 21.2 Å². The fourth-order valence-corrected chi connectivity index (χ4v) is 4.22. The Labute approximate surface area is 126 Å². The number of nitrogens with zero attached hydrogens (tertiary/aromatic N) is 1. The number of fused-ring (bicyclic) bond motifs is 1.